The topological polar surface area (TPSA) is 87.6 Å². The van der Waals surface area contributed by atoms with E-state index in [1.807, 2.05) is 12.1 Å². The molecule has 2 aromatic rings. The fourth-order valence-electron chi connectivity index (χ4n) is 3.23. The Bertz CT molecular complexity index is 879. The zero-order valence-electron chi connectivity index (χ0n) is 13.5. The van der Waals surface area contributed by atoms with Crippen LogP contribution >= 0.6 is 0 Å². The van der Waals surface area contributed by atoms with Crippen molar-refractivity contribution in [3.63, 3.8) is 0 Å². The van der Waals surface area contributed by atoms with Crippen molar-refractivity contribution in [2.24, 2.45) is 0 Å². The summed E-state index contributed by atoms with van der Waals surface area (Å²) in [4.78, 5) is 18.5. The van der Waals surface area contributed by atoms with Gasteiger partial charge in [0.05, 0.1) is 5.75 Å². The molecule has 2 heterocycles. The van der Waals surface area contributed by atoms with E-state index in [0.29, 0.717) is 18.4 Å². The average molecular weight is 348 g/mol. The predicted octanol–water partition coefficient (Wildman–Crippen LogP) is 1.98. The summed E-state index contributed by atoms with van der Waals surface area (Å²) < 4.78 is 23.3. The molecule has 1 aromatic carbocycles. The molecule has 1 unspecified atom stereocenters. The minimum atomic E-state index is -3.19. The molecule has 1 amide bonds. The first-order valence-corrected chi connectivity index (χ1v) is 9.98. The molecular formula is C17H20N2O4S. The minimum absolute atomic E-state index is 0.0194. The van der Waals surface area contributed by atoms with Crippen molar-refractivity contribution in [1.29, 1.82) is 0 Å². The number of nitrogens with zero attached hydrogens (tertiary/aromatic N) is 2. The molecule has 0 saturated carbocycles. The molecule has 1 aliphatic heterocycles. The van der Waals surface area contributed by atoms with E-state index in [9.17, 15) is 18.3 Å². The third kappa shape index (κ3) is 3.36. The Hall–Kier alpha value is -2.15. The second kappa shape index (κ2) is 6.39. The molecule has 128 valence electrons. The van der Waals surface area contributed by atoms with Gasteiger partial charge in [0.25, 0.3) is 5.91 Å². The van der Waals surface area contributed by atoms with Crippen molar-refractivity contribution in [3.8, 4) is 5.75 Å². The fraction of sp³-hybridized carbons (Fsp3) is 0.412. The van der Waals surface area contributed by atoms with Crippen LogP contribution < -0.4 is 0 Å². The molecule has 1 saturated heterocycles. The number of pyridine rings is 1. The maximum atomic E-state index is 12.9. The number of likely N-dealkylation sites (tertiary alicyclic amines) is 1. The van der Waals surface area contributed by atoms with Gasteiger partial charge in [-0.3, -0.25) is 4.79 Å². The largest absolute Gasteiger partial charge is 0.505 e. The van der Waals surface area contributed by atoms with Gasteiger partial charge in [-0.15, -0.1) is 0 Å². The molecule has 3 rings (SSSR count). The van der Waals surface area contributed by atoms with E-state index in [0.717, 1.165) is 18.2 Å². The van der Waals surface area contributed by atoms with Crippen LogP contribution in [0.25, 0.3) is 10.8 Å². The van der Waals surface area contributed by atoms with E-state index in [1.54, 1.807) is 23.2 Å². The molecule has 0 bridgehead atoms. The third-order valence-electron chi connectivity index (χ3n) is 4.36. The summed E-state index contributed by atoms with van der Waals surface area (Å²) in [6, 6.07) is 6.78. The molecule has 1 atom stereocenters. The lowest BCUT2D eigenvalue weighted by atomic mass is 10.0. The molecule has 0 aliphatic carbocycles. The molecule has 6 nitrogen and oxygen atoms in total. The zero-order valence-corrected chi connectivity index (χ0v) is 14.3. The number of hydrogen-bond donors (Lipinski definition) is 1. The lowest BCUT2D eigenvalue weighted by Crippen LogP contribution is -2.47. The van der Waals surface area contributed by atoms with E-state index >= 15 is 0 Å². The van der Waals surface area contributed by atoms with Gasteiger partial charge < -0.3 is 10.0 Å². The standard InChI is InChI=1S/C17H20N2O4S/c1-24(22,23)11-13-7-4-5-9-19(13)17(21)15-16(20)14-8-3-2-6-12(14)10-18-15/h2-3,6,8,10,13,20H,4-5,7,9,11H2,1H3. The number of sulfone groups is 1. The first kappa shape index (κ1) is 16.7. The van der Waals surface area contributed by atoms with Crippen LogP contribution in [0.5, 0.6) is 5.75 Å². The van der Waals surface area contributed by atoms with Crippen LogP contribution in [0.1, 0.15) is 29.8 Å². The third-order valence-corrected chi connectivity index (χ3v) is 5.35. The molecule has 0 radical (unpaired) electrons. The van der Waals surface area contributed by atoms with Crippen LogP contribution in [0, 0.1) is 0 Å². The van der Waals surface area contributed by atoms with Gasteiger partial charge in [0.2, 0.25) is 0 Å². The Labute approximate surface area is 141 Å². The first-order chi connectivity index (χ1) is 11.4. The van der Waals surface area contributed by atoms with Crippen LogP contribution in [0.2, 0.25) is 0 Å². The Morgan fingerprint density at radius 1 is 1.33 bits per heavy atom. The monoisotopic (exact) mass is 348 g/mol. The van der Waals surface area contributed by atoms with Gasteiger partial charge in [0.1, 0.15) is 9.84 Å². The predicted molar refractivity (Wildman–Crippen MR) is 91.8 cm³/mol. The van der Waals surface area contributed by atoms with Gasteiger partial charge in [-0.25, -0.2) is 13.4 Å². The minimum Gasteiger partial charge on any atom is -0.505 e. The van der Waals surface area contributed by atoms with Gasteiger partial charge in [-0.05, 0) is 19.3 Å². The van der Waals surface area contributed by atoms with Crippen LogP contribution in [0.15, 0.2) is 30.5 Å². The molecule has 1 N–H and O–H groups in total. The van der Waals surface area contributed by atoms with Crippen molar-refractivity contribution < 1.29 is 18.3 Å². The van der Waals surface area contributed by atoms with Gasteiger partial charge in [-0.1, -0.05) is 24.3 Å². The molecule has 7 heteroatoms. The van der Waals surface area contributed by atoms with E-state index in [4.69, 9.17) is 0 Å². The zero-order chi connectivity index (χ0) is 17.3. The molecule has 1 aliphatic rings. The quantitative estimate of drug-likeness (QED) is 0.916. The highest BCUT2D eigenvalue weighted by Crippen LogP contribution is 2.29. The Morgan fingerprint density at radius 3 is 2.83 bits per heavy atom. The van der Waals surface area contributed by atoms with Crippen molar-refractivity contribution in [3.05, 3.63) is 36.2 Å². The number of rotatable bonds is 3. The number of fused-ring (bicyclic) bond motifs is 1. The Balaban J connectivity index is 1.96. The lowest BCUT2D eigenvalue weighted by molar-refractivity contribution is 0.0630. The molecule has 24 heavy (non-hydrogen) atoms. The van der Waals surface area contributed by atoms with E-state index < -0.39 is 15.7 Å². The summed E-state index contributed by atoms with van der Waals surface area (Å²) in [5.74, 6) is -0.624. The van der Waals surface area contributed by atoms with Crippen molar-refractivity contribution >= 4 is 26.5 Å². The normalized spacial score (nSPS) is 18.7. The van der Waals surface area contributed by atoms with Crippen molar-refractivity contribution in [2.45, 2.75) is 25.3 Å². The van der Waals surface area contributed by atoms with Gasteiger partial charge in [0, 0.05) is 35.8 Å². The number of piperidine rings is 1. The Morgan fingerprint density at radius 2 is 2.08 bits per heavy atom. The van der Waals surface area contributed by atoms with Crippen molar-refractivity contribution in [1.82, 2.24) is 9.88 Å². The summed E-state index contributed by atoms with van der Waals surface area (Å²) in [5, 5.41) is 11.8. The second-order valence-electron chi connectivity index (χ2n) is 6.28. The van der Waals surface area contributed by atoms with Crippen LogP contribution in [-0.4, -0.2) is 53.9 Å². The SMILES string of the molecule is CS(=O)(=O)CC1CCCCN1C(=O)c1ncc2ccccc2c1O. The van der Waals surface area contributed by atoms with Gasteiger partial charge in [-0.2, -0.15) is 0 Å². The van der Waals surface area contributed by atoms with E-state index in [-0.39, 0.29) is 23.2 Å². The first-order valence-electron chi connectivity index (χ1n) is 7.92. The molecular weight excluding hydrogens is 328 g/mol. The number of aromatic nitrogens is 1. The summed E-state index contributed by atoms with van der Waals surface area (Å²) >= 11 is 0. The van der Waals surface area contributed by atoms with E-state index in [2.05, 4.69) is 4.98 Å². The number of benzene rings is 1. The number of hydrogen-bond acceptors (Lipinski definition) is 5. The maximum Gasteiger partial charge on any atom is 0.276 e. The molecule has 1 fully saturated rings. The smallest absolute Gasteiger partial charge is 0.276 e. The highest BCUT2D eigenvalue weighted by molar-refractivity contribution is 7.90. The average Bonchev–Trinajstić information content (AvgIpc) is 2.54. The number of carbonyl (C=O) groups excluding carboxylic acids is 1. The maximum absolute atomic E-state index is 12.9. The van der Waals surface area contributed by atoms with Crippen molar-refractivity contribution in [2.75, 3.05) is 18.6 Å². The Kier molecular flexibility index (Phi) is 4.45. The number of amides is 1. The van der Waals surface area contributed by atoms with Gasteiger partial charge in [0.15, 0.2) is 11.4 Å². The molecule has 0 spiro atoms. The van der Waals surface area contributed by atoms with E-state index in [1.165, 1.54) is 6.26 Å². The number of carbonyl (C=O) groups is 1. The number of aromatic hydroxyl groups is 1. The summed E-state index contributed by atoms with van der Waals surface area (Å²) in [5.41, 5.74) is -0.0194. The highest BCUT2D eigenvalue weighted by atomic mass is 32.2. The van der Waals surface area contributed by atoms with Crippen LogP contribution in [0.3, 0.4) is 0 Å². The van der Waals surface area contributed by atoms with Crippen LogP contribution in [-0.2, 0) is 9.84 Å². The summed E-state index contributed by atoms with van der Waals surface area (Å²) in [6.45, 7) is 0.479. The fourth-order valence-corrected chi connectivity index (χ4v) is 4.28. The summed E-state index contributed by atoms with van der Waals surface area (Å²) in [7, 11) is -3.19. The summed E-state index contributed by atoms with van der Waals surface area (Å²) in [6.07, 6.45) is 5.09. The highest BCUT2D eigenvalue weighted by Gasteiger charge is 2.32. The lowest BCUT2D eigenvalue weighted by Gasteiger charge is -2.35. The van der Waals surface area contributed by atoms with Gasteiger partial charge >= 0.3 is 0 Å². The van der Waals surface area contributed by atoms with Crippen LogP contribution in [0.4, 0.5) is 0 Å². The molecule has 1 aromatic heterocycles. The second-order valence-corrected chi connectivity index (χ2v) is 8.47.